The molecule has 0 radical (unpaired) electrons. The van der Waals surface area contributed by atoms with Gasteiger partial charge in [0.1, 0.15) is 4.88 Å². The SMILES string of the molecule is O=C(NCC(O)c1ccncc1)c1scnc1C1CC1. The Morgan fingerprint density at radius 3 is 2.90 bits per heavy atom. The van der Waals surface area contributed by atoms with E-state index in [2.05, 4.69) is 15.3 Å². The van der Waals surface area contributed by atoms with Crippen LogP contribution in [0.5, 0.6) is 0 Å². The average molecular weight is 289 g/mol. The summed E-state index contributed by atoms with van der Waals surface area (Å²) in [6, 6.07) is 3.47. The highest BCUT2D eigenvalue weighted by atomic mass is 32.1. The molecule has 2 aromatic rings. The van der Waals surface area contributed by atoms with Gasteiger partial charge in [-0.15, -0.1) is 11.3 Å². The fraction of sp³-hybridized carbons (Fsp3) is 0.357. The molecule has 1 aliphatic carbocycles. The lowest BCUT2D eigenvalue weighted by Gasteiger charge is -2.11. The molecule has 1 fully saturated rings. The number of aromatic nitrogens is 2. The lowest BCUT2D eigenvalue weighted by molar-refractivity contribution is 0.0919. The third kappa shape index (κ3) is 2.86. The van der Waals surface area contributed by atoms with Gasteiger partial charge in [-0.1, -0.05) is 0 Å². The van der Waals surface area contributed by atoms with Gasteiger partial charge in [-0.2, -0.15) is 0 Å². The molecule has 2 N–H and O–H groups in total. The van der Waals surface area contributed by atoms with Crippen molar-refractivity contribution in [2.75, 3.05) is 6.54 Å². The summed E-state index contributed by atoms with van der Waals surface area (Å²) in [7, 11) is 0. The Morgan fingerprint density at radius 1 is 1.45 bits per heavy atom. The van der Waals surface area contributed by atoms with Crippen LogP contribution in [0.4, 0.5) is 0 Å². The molecule has 1 saturated carbocycles. The van der Waals surface area contributed by atoms with Crippen molar-refractivity contribution < 1.29 is 9.90 Å². The van der Waals surface area contributed by atoms with Gasteiger partial charge in [-0.3, -0.25) is 9.78 Å². The molecule has 6 heteroatoms. The fourth-order valence-electron chi connectivity index (χ4n) is 2.05. The number of carbonyl (C=O) groups excluding carboxylic acids is 1. The Balaban J connectivity index is 1.60. The monoisotopic (exact) mass is 289 g/mol. The highest BCUT2D eigenvalue weighted by Gasteiger charge is 2.30. The molecule has 1 aliphatic rings. The molecule has 0 aromatic carbocycles. The van der Waals surface area contributed by atoms with Crippen molar-refractivity contribution in [3.63, 3.8) is 0 Å². The molecule has 0 bridgehead atoms. The van der Waals surface area contributed by atoms with Crippen LogP contribution in [0.3, 0.4) is 0 Å². The number of nitrogens with zero attached hydrogens (tertiary/aromatic N) is 2. The molecular formula is C14H15N3O2S. The Hall–Kier alpha value is -1.79. The van der Waals surface area contributed by atoms with Crippen molar-refractivity contribution in [2.45, 2.75) is 24.9 Å². The summed E-state index contributed by atoms with van der Waals surface area (Å²) < 4.78 is 0. The zero-order chi connectivity index (χ0) is 13.9. The number of rotatable bonds is 5. The minimum absolute atomic E-state index is 0.150. The fourth-order valence-corrected chi connectivity index (χ4v) is 2.84. The third-order valence-corrected chi connectivity index (χ3v) is 4.15. The summed E-state index contributed by atoms with van der Waals surface area (Å²) >= 11 is 1.36. The van der Waals surface area contributed by atoms with E-state index in [-0.39, 0.29) is 12.5 Å². The summed E-state index contributed by atoms with van der Waals surface area (Å²) in [4.78, 5) is 21.0. The Morgan fingerprint density at radius 2 is 2.20 bits per heavy atom. The zero-order valence-corrected chi connectivity index (χ0v) is 11.6. The molecule has 0 saturated heterocycles. The lowest BCUT2D eigenvalue weighted by Crippen LogP contribution is -2.28. The third-order valence-electron chi connectivity index (χ3n) is 3.31. The maximum absolute atomic E-state index is 12.1. The first-order chi connectivity index (χ1) is 9.75. The largest absolute Gasteiger partial charge is 0.387 e. The minimum atomic E-state index is -0.723. The predicted molar refractivity (Wildman–Crippen MR) is 75.6 cm³/mol. The quantitative estimate of drug-likeness (QED) is 0.881. The van der Waals surface area contributed by atoms with Gasteiger partial charge in [0, 0.05) is 24.9 Å². The molecule has 0 aliphatic heterocycles. The lowest BCUT2D eigenvalue weighted by atomic mass is 10.1. The van der Waals surface area contributed by atoms with Gasteiger partial charge < -0.3 is 10.4 Å². The first-order valence-corrected chi connectivity index (χ1v) is 7.43. The van der Waals surface area contributed by atoms with Crippen molar-refractivity contribution in [1.82, 2.24) is 15.3 Å². The summed E-state index contributed by atoms with van der Waals surface area (Å²) in [5.74, 6) is 0.301. The first kappa shape index (κ1) is 13.2. The van der Waals surface area contributed by atoms with Crippen molar-refractivity contribution in [2.24, 2.45) is 0 Å². The molecule has 1 unspecified atom stereocenters. The number of aliphatic hydroxyl groups excluding tert-OH is 1. The van der Waals surface area contributed by atoms with Gasteiger partial charge in [-0.05, 0) is 30.5 Å². The van der Waals surface area contributed by atoms with E-state index in [0.717, 1.165) is 24.1 Å². The molecule has 2 aromatic heterocycles. The van der Waals surface area contributed by atoms with E-state index in [1.54, 1.807) is 30.0 Å². The van der Waals surface area contributed by atoms with E-state index in [1.807, 2.05) is 0 Å². The highest BCUT2D eigenvalue weighted by molar-refractivity contribution is 7.11. The molecule has 1 atom stereocenters. The maximum Gasteiger partial charge on any atom is 0.263 e. The van der Waals surface area contributed by atoms with E-state index in [4.69, 9.17) is 0 Å². The van der Waals surface area contributed by atoms with Gasteiger partial charge in [0.15, 0.2) is 0 Å². The van der Waals surface area contributed by atoms with Crippen LogP contribution in [0.15, 0.2) is 30.0 Å². The molecule has 2 heterocycles. The standard InChI is InChI=1S/C14H15N3O2S/c18-11(9-3-5-15-6-4-9)7-16-14(19)13-12(10-1-2-10)17-8-20-13/h3-6,8,10-11,18H,1-2,7H2,(H,16,19). The summed E-state index contributed by atoms with van der Waals surface area (Å²) in [5, 5.41) is 12.8. The van der Waals surface area contributed by atoms with Crippen LogP contribution in [-0.2, 0) is 0 Å². The topological polar surface area (TPSA) is 75.1 Å². The summed E-state index contributed by atoms with van der Waals surface area (Å²) in [6.07, 6.45) is 4.75. The van der Waals surface area contributed by atoms with Crippen LogP contribution >= 0.6 is 11.3 Å². The Bertz CT molecular complexity index is 595. The second-order valence-electron chi connectivity index (χ2n) is 4.85. The molecule has 5 nitrogen and oxygen atoms in total. The molecule has 0 spiro atoms. The second kappa shape index (κ2) is 5.68. The number of aliphatic hydroxyl groups is 1. The van der Waals surface area contributed by atoms with Gasteiger partial charge in [0.05, 0.1) is 17.3 Å². The van der Waals surface area contributed by atoms with Crippen molar-refractivity contribution >= 4 is 17.2 Å². The normalized spacial score (nSPS) is 15.8. The maximum atomic E-state index is 12.1. The van der Waals surface area contributed by atoms with E-state index in [0.29, 0.717) is 10.8 Å². The Labute approximate surface area is 120 Å². The molecule has 3 rings (SSSR count). The summed E-state index contributed by atoms with van der Waals surface area (Å²) in [5.41, 5.74) is 3.36. The first-order valence-electron chi connectivity index (χ1n) is 6.55. The van der Waals surface area contributed by atoms with E-state index in [1.165, 1.54) is 11.3 Å². The predicted octanol–water partition coefficient (Wildman–Crippen LogP) is 1.88. The number of thiazole rings is 1. The van der Waals surface area contributed by atoms with Crippen LogP contribution < -0.4 is 5.32 Å². The molecule has 1 amide bonds. The molecular weight excluding hydrogens is 274 g/mol. The second-order valence-corrected chi connectivity index (χ2v) is 5.70. The van der Waals surface area contributed by atoms with Gasteiger partial charge in [0.2, 0.25) is 0 Å². The number of hydrogen-bond donors (Lipinski definition) is 2. The van der Waals surface area contributed by atoms with E-state index >= 15 is 0 Å². The Kier molecular flexibility index (Phi) is 3.75. The number of carbonyl (C=O) groups is 1. The molecule has 20 heavy (non-hydrogen) atoms. The van der Waals surface area contributed by atoms with Crippen molar-refractivity contribution in [3.05, 3.63) is 46.2 Å². The summed E-state index contributed by atoms with van der Waals surface area (Å²) in [6.45, 7) is 0.185. The van der Waals surface area contributed by atoms with Crippen molar-refractivity contribution in [3.8, 4) is 0 Å². The number of pyridine rings is 1. The van der Waals surface area contributed by atoms with Gasteiger partial charge >= 0.3 is 0 Å². The zero-order valence-electron chi connectivity index (χ0n) is 10.8. The highest BCUT2D eigenvalue weighted by Crippen LogP contribution is 2.41. The van der Waals surface area contributed by atoms with Crippen LogP contribution in [0, 0.1) is 0 Å². The van der Waals surface area contributed by atoms with E-state index in [9.17, 15) is 9.90 Å². The van der Waals surface area contributed by atoms with Crippen LogP contribution in [0.1, 0.15) is 45.8 Å². The smallest absolute Gasteiger partial charge is 0.263 e. The van der Waals surface area contributed by atoms with Crippen LogP contribution in [-0.4, -0.2) is 27.5 Å². The van der Waals surface area contributed by atoms with Crippen LogP contribution in [0.2, 0.25) is 0 Å². The minimum Gasteiger partial charge on any atom is -0.387 e. The van der Waals surface area contributed by atoms with Crippen molar-refractivity contribution in [1.29, 1.82) is 0 Å². The number of amides is 1. The molecule has 104 valence electrons. The number of hydrogen-bond acceptors (Lipinski definition) is 5. The van der Waals surface area contributed by atoms with Gasteiger partial charge in [0.25, 0.3) is 5.91 Å². The van der Waals surface area contributed by atoms with Gasteiger partial charge in [-0.25, -0.2) is 4.98 Å². The number of nitrogens with one attached hydrogen (secondary N) is 1. The average Bonchev–Trinajstić information content (AvgIpc) is 3.22. The van der Waals surface area contributed by atoms with Crippen LogP contribution in [0.25, 0.3) is 0 Å². The van der Waals surface area contributed by atoms with E-state index < -0.39 is 6.10 Å².